The van der Waals surface area contributed by atoms with Gasteiger partial charge in [-0.3, -0.25) is 9.69 Å². The number of para-hydroxylation sites is 1. The number of amides is 1. The van der Waals surface area contributed by atoms with Crippen molar-refractivity contribution in [3.63, 3.8) is 0 Å². The maximum Gasteiger partial charge on any atom is 0.263 e. The third-order valence-corrected chi connectivity index (χ3v) is 3.70. The predicted molar refractivity (Wildman–Crippen MR) is 95.8 cm³/mol. The molecule has 0 fully saturated rings. The summed E-state index contributed by atoms with van der Waals surface area (Å²) in [6.45, 7) is 4.56. The number of carbonyl (C=O) groups is 1. The van der Waals surface area contributed by atoms with Crippen molar-refractivity contribution in [3.8, 4) is 5.75 Å². The van der Waals surface area contributed by atoms with Gasteiger partial charge in [-0.15, -0.1) is 0 Å². The van der Waals surface area contributed by atoms with E-state index in [-0.39, 0.29) is 5.91 Å². The minimum absolute atomic E-state index is 0.184. The Kier molecular flexibility index (Phi) is 5.14. The van der Waals surface area contributed by atoms with Gasteiger partial charge < -0.3 is 9.15 Å². The zero-order valence-corrected chi connectivity index (χ0v) is 14.3. The van der Waals surface area contributed by atoms with E-state index in [1.807, 2.05) is 50.2 Å². The van der Waals surface area contributed by atoms with Crippen molar-refractivity contribution in [2.75, 3.05) is 11.5 Å². The predicted octanol–water partition coefficient (Wildman–Crippen LogP) is 4.23. The van der Waals surface area contributed by atoms with E-state index >= 15 is 0 Å². The number of nitrogens with zero attached hydrogens (tertiary/aromatic N) is 2. The number of hydrogen-bond acceptors (Lipinski definition) is 4. The number of furan rings is 1. The zero-order chi connectivity index (χ0) is 17.6. The Balaban J connectivity index is 1.98. The molecule has 5 nitrogen and oxygen atoms in total. The molecule has 0 unspecified atom stereocenters. The van der Waals surface area contributed by atoms with Gasteiger partial charge >= 0.3 is 0 Å². The van der Waals surface area contributed by atoms with E-state index in [1.54, 1.807) is 29.3 Å². The lowest BCUT2D eigenvalue weighted by Gasteiger charge is -2.22. The number of ether oxygens (including phenoxy) is 1. The molecule has 1 amide bonds. The second-order valence-corrected chi connectivity index (χ2v) is 5.52. The highest BCUT2D eigenvalue weighted by Gasteiger charge is 2.23. The number of benzene rings is 1. The first-order valence-electron chi connectivity index (χ1n) is 8.19. The topological polar surface area (TPSA) is 55.6 Å². The van der Waals surface area contributed by atoms with Crippen LogP contribution in [0, 0.1) is 6.92 Å². The molecule has 0 saturated carbocycles. The summed E-state index contributed by atoms with van der Waals surface area (Å²) in [4.78, 5) is 19.1. The molecule has 0 aliphatic carbocycles. The molecule has 1 aromatic carbocycles. The van der Waals surface area contributed by atoms with E-state index in [9.17, 15) is 4.79 Å². The number of rotatable bonds is 6. The van der Waals surface area contributed by atoms with Gasteiger partial charge in [0.15, 0.2) is 0 Å². The molecule has 0 atom stereocenters. The van der Waals surface area contributed by atoms with Crippen LogP contribution in [0.1, 0.15) is 28.8 Å². The molecule has 2 aromatic heterocycles. The number of aryl methyl sites for hydroxylation is 1. The lowest BCUT2D eigenvalue weighted by atomic mass is 10.1. The second-order valence-electron chi connectivity index (χ2n) is 5.52. The highest BCUT2D eigenvalue weighted by atomic mass is 16.5. The van der Waals surface area contributed by atoms with Crippen molar-refractivity contribution >= 4 is 11.7 Å². The average molecular weight is 336 g/mol. The minimum Gasteiger partial charge on any atom is -0.493 e. The normalized spacial score (nSPS) is 10.5. The standard InChI is InChI=1S/C20H20N2O3/c1-3-24-18-9-5-4-8-17(18)20(23)22(19-10-6-7-13-21-19)14-16-12-11-15(2)25-16/h4-13H,3,14H2,1-2H3. The van der Waals surface area contributed by atoms with E-state index < -0.39 is 0 Å². The molecule has 0 bridgehead atoms. The summed E-state index contributed by atoms with van der Waals surface area (Å²) in [6.07, 6.45) is 1.66. The first-order chi connectivity index (χ1) is 12.2. The van der Waals surface area contributed by atoms with E-state index in [1.165, 1.54) is 0 Å². The largest absolute Gasteiger partial charge is 0.493 e. The minimum atomic E-state index is -0.184. The van der Waals surface area contributed by atoms with E-state index in [4.69, 9.17) is 9.15 Å². The monoisotopic (exact) mass is 336 g/mol. The Morgan fingerprint density at radius 2 is 1.92 bits per heavy atom. The van der Waals surface area contributed by atoms with Crippen molar-refractivity contribution in [2.45, 2.75) is 20.4 Å². The molecule has 2 heterocycles. The van der Waals surface area contributed by atoms with Gasteiger partial charge in [0, 0.05) is 6.20 Å². The van der Waals surface area contributed by atoms with Crippen LogP contribution in [0.4, 0.5) is 5.82 Å². The third-order valence-electron chi connectivity index (χ3n) is 3.70. The fourth-order valence-corrected chi connectivity index (χ4v) is 2.57. The molecular weight excluding hydrogens is 316 g/mol. The maximum absolute atomic E-state index is 13.2. The summed E-state index contributed by atoms with van der Waals surface area (Å²) in [6, 6.07) is 16.4. The first kappa shape index (κ1) is 16.8. The Hall–Kier alpha value is -3.08. The average Bonchev–Trinajstić information content (AvgIpc) is 3.06. The van der Waals surface area contributed by atoms with Crippen LogP contribution in [0.5, 0.6) is 5.75 Å². The lowest BCUT2D eigenvalue weighted by molar-refractivity contribution is 0.0978. The van der Waals surface area contributed by atoms with Gasteiger partial charge in [0.2, 0.25) is 0 Å². The quantitative estimate of drug-likeness (QED) is 0.676. The summed E-state index contributed by atoms with van der Waals surface area (Å²) in [7, 11) is 0. The molecule has 128 valence electrons. The molecule has 5 heteroatoms. The number of aromatic nitrogens is 1. The van der Waals surface area contributed by atoms with Crippen LogP contribution in [0.15, 0.2) is 65.2 Å². The third kappa shape index (κ3) is 3.88. The second kappa shape index (κ2) is 7.66. The van der Waals surface area contributed by atoms with Crippen LogP contribution < -0.4 is 9.64 Å². The van der Waals surface area contributed by atoms with Crippen LogP contribution in [0.3, 0.4) is 0 Å². The molecular formula is C20H20N2O3. The van der Waals surface area contributed by atoms with Gasteiger partial charge in [-0.25, -0.2) is 4.98 Å². The van der Waals surface area contributed by atoms with Gasteiger partial charge in [0.25, 0.3) is 5.91 Å². The number of hydrogen-bond donors (Lipinski definition) is 0. The zero-order valence-electron chi connectivity index (χ0n) is 14.3. The van der Waals surface area contributed by atoms with Gasteiger partial charge in [0.05, 0.1) is 18.7 Å². The summed E-state index contributed by atoms with van der Waals surface area (Å²) in [5.74, 6) is 2.44. The molecule has 3 aromatic rings. The lowest BCUT2D eigenvalue weighted by Crippen LogP contribution is -2.31. The molecule has 0 aliphatic heterocycles. The molecule has 0 N–H and O–H groups in total. The Morgan fingerprint density at radius 3 is 2.60 bits per heavy atom. The van der Waals surface area contributed by atoms with Crippen molar-refractivity contribution < 1.29 is 13.9 Å². The van der Waals surface area contributed by atoms with Crippen LogP contribution in [0.25, 0.3) is 0 Å². The highest BCUT2D eigenvalue weighted by molar-refractivity contribution is 6.07. The number of anilines is 1. The van der Waals surface area contributed by atoms with E-state index in [0.717, 1.165) is 5.76 Å². The molecule has 0 aliphatic rings. The molecule has 3 rings (SSSR count). The van der Waals surface area contributed by atoms with Gasteiger partial charge in [-0.1, -0.05) is 18.2 Å². The fraction of sp³-hybridized carbons (Fsp3) is 0.200. The Bertz CT molecular complexity index is 843. The van der Waals surface area contributed by atoms with Crippen molar-refractivity contribution in [3.05, 3.63) is 77.9 Å². The van der Waals surface area contributed by atoms with Crippen LogP contribution >= 0.6 is 0 Å². The fourth-order valence-electron chi connectivity index (χ4n) is 2.57. The molecule has 0 saturated heterocycles. The SMILES string of the molecule is CCOc1ccccc1C(=O)N(Cc1ccc(C)o1)c1ccccn1. The van der Waals surface area contributed by atoms with E-state index in [2.05, 4.69) is 4.98 Å². The Labute approximate surface area is 146 Å². The highest BCUT2D eigenvalue weighted by Crippen LogP contribution is 2.24. The van der Waals surface area contributed by atoms with Crippen LogP contribution in [0.2, 0.25) is 0 Å². The maximum atomic E-state index is 13.2. The molecule has 25 heavy (non-hydrogen) atoms. The van der Waals surface area contributed by atoms with E-state index in [0.29, 0.717) is 36.0 Å². The van der Waals surface area contributed by atoms with Crippen molar-refractivity contribution in [1.29, 1.82) is 0 Å². The molecule has 0 radical (unpaired) electrons. The smallest absolute Gasteiger partial charge is 0.263 e. The summed E-state index contributed by atoms with van der Waals surface area (Å²) < 4.78 is 11.3. The van der Waals surface area contributed by atoms with Gasteiger partial charge in [-0.2, -0.15) is 0 Å². The molecule has 0 spiro atoms. The summed E-state index contributed by atoms with van der Waals surface area (Å²) in [5.41, 5.74) is 0.498. The number of pyridine rings is 1. The Morgan fingerprint density at radius 1 is 1.12 bits per heavy atom. The first-order valence-corrected chi connectivity index (χ1v) is 8.19. The van der Waals surface area contributed by atoms with Crippen LogP contribution in [-0.2, 0) is 6.54 Å². The van der Waals surface area contributed by atoms with Gasteiger partial charge in [0.1, 0.15) is 23.1 Å². The van der Waals surface area contributed by atoms with Crippen LogP contribution in [-0.4, -0.2) is 17.5 Å². The van der Waals surface area contributed by atoms with Crippen molar-refractivity contribution in [2.24, 2.45) is 0 Å². The summed E-state index contributed by atoms with van der Waals surface area (Å²) in [5, 5.41) is 0. The van der Waals surface area contributed by atoms with Gasteiger partial charge in [-0.05, 0) is 50.2 Å². The summed E-state index contributed by atoms with van der Waals surface area (Å²) >= 11 is 0. The van der Waals surface area contributed by atoms with Crippen molar-refractivity contribution in [1.82, 2.24) is 4.98 Å². The number of carbonyl (C=O) groups excluding carboxylic acids is 1.